The van der Waals surface area contributed by atoms with Gasteiger partial charge in [0.25, 0.3) is 0 Å². The third-order valence-corrected chi connectivity index (χ3v) is 3.75. The second kappa shape index (κ2) is 5.25. The minimum absolute atomic E-state index is 0.332. The normalized spacial score (nSPS) is 35.6. The van der Waals surface area contributed by atoms with Gasteiger partial charge in [-0.15, -0.1) is 0 Å². The molecule has 2 heterocycles. The van der Waals surface area contributed by atoms with Gasteiger partial charge in [-0.1, -0.05) is 0 Å². The Morgan fingerprint density at radius 1 is 1.27 bits per heavy atom. The highest BCUT2D eigenvalue weighted by Gasteiger charge is 2.31. The van der Waals surface area contributed by atoms with Gasteiger partial charge >= 0.3 is 0 Å². The summed E-state index contributed by atoms with van der Waals surface area (Å²) in [5, 5.41) is 12.8. The molecular formula is C11H23N3O. The van der Waals surface area contributed by atoms with E-state index in [0.717, 1.165) is 32.7 Å². The van der Waals surface area contributed by atoms with Gasteiger partial charge in [-0.3, -0.25) is 4.90 Å². The van der Waals surface area contributed by atoms with E-state index in [-0.39, 0.29) is 0 Å². The highest BCUT2D eigenvalue weighted by atomic mass is 16.3. The molecule has 0 saturated carbocycles. The van der Waals surface area contributed by atoms with Crippen molar-refractivity contribution in [3.8, 4) is 0 Å². The molecule has 2 atom stereocenters. The molecule has 2 fully saturated rings. The first kappa shape index (κ1) is 11.3. The highest BCUT2D eigenvalue weighted by Crippen LogP contribution is 2.21. The molecule has 4 heteroatoms. The summed E-state index contributed by atoms with van der Waals surface area (Å²) >= 11 is 0. The van der Waals surface area contributed by atoms with Crippen molar-refractivity contribution >= 4 is 0 Å². The molecule has 2 unspecified atom stereocenters. The molecule has 15 heavy (non-hydrogen) atoms. The van der Waals surface area contributed by atoms with Crippen molar-refractivity contribution in [2.45, 2.75) is 12.5 Å². The number of rotatable bonds is 2. The number of piperidine rings is 1. The topological polar surface area (TPSA) is 38.7 Å². The van der Waals surface area contributed by atoms with Crippen LogP contribution in [0.15, 0.2) is 0 Å². The van der Waals surface area contributed by atoms with Crippen LogP contribution in [0.25, 0.3) is 0 Å². The van der Waals surface area contributed by atoms with E-state index in [0.29, 0.717) is 18.6 Å². The zero-order chi connectivity index (χ0) is 10.7. The van der Waals surface area contributed by atoms with E-state index in [2.05, 4.69) is 22.2 Å². The second-order valence-corrected chi connectivity index (χ2v) is 4.85. The lowest BCUT2D eigenvalue weighted by molar-refractivity contribution is 0.0299. The number of hydrogen-bond donors (Lipinski definition) is 2. The minimum Gasteiger partial charge on any atom is -0.396 e. The first-order valence-corrected chi connectivity index (χ1v) is 6.05. The minimum atomic E-state index is 0.332. The molecule has 2 saturated heterocycles. The Labute approximate surface area is 92.2 Å². The summed E-state index contributed by atoms with van der Waals surface area (Å²) in [5.41, 5.74) is 0. The zero-order valence-corrected chi connectivity index (χ0v) is 9.65. The van der Waals surface area contributed by atoms with Crippen molar-refractivity contribution in [3.05, 3.63) is 0 Å². The molecular weight excluding hydrogens is 190 g/mol. The molecule has 0 aromatic carbocycles. The SMILES string of the molecule is CN1CCC(N2CCNCC2)C(CO)C1. The molecule has 4 nitrogen and oxygen atoms in total. The van der Waals surface area contributed by atoms with Gasteiger partial charge in [-0.2, -0.15) is 0 Å². The predicted molar refractivity (Wildman–Crippen MR) is 60.9 cm³/mol. The van der Waals surface area contributed by atoms with Crippen molar-refractivity contribution < 1.29 is 5.11 Å². The smallest absolute Gasteiger partial charge is 0.0486 e. The van der Waals surface area contributed by atoms with Crippen LogP contribution in [0.1, 0.15) is 6.42 Å². The largest absolute Gasteiger partial charge is 0.396 e. The Morgan fingerprint density at radius 2 is 2.00 bits per heavy atom. The molecule has 0 aromatic rings. The van der Waals surface area contributed by atoms with Crippen LogP contribution >= 0.6 is 0 Å². The van der Waals surface area contributed by atoms with Crippen molar-refractivity contribution in [1.29, 1.82) is 0 Å². The predicted octanol–water partition coefficient (Wildman–Crippen LogP) is -0.796. The van der Waals surface area contributed by atoms with Crippen LogP contribution in [0.5, 0.6) is 0 Å². The van der Waals surface area contributed by atoms with Gasteiger partial charge in [-0.25, -0.2) is 0 Å². The molecule has 2 rings (SSSR count). The van der Waals surface area contributed by atoms with E-state index in [9.17, 15) is 5.11 Å². The monoisotopic (exact) mass is 213 g/mol. The number of likely N-dealkylation sites (tertiary alicyclic amines) is 1. The van der Waals surface area contributed by atoms with Gasteiger partial charge in [0.05, 0.1) is 0 Å². The maximum absolute atomic E-state index is 9.44. The lowest BCUT2D eigenvalue weighted by atomic mass is 9.91. The van der Waals surface area contributed by atoms with Crippen molar-refractivity contribution in [2.75, 3.05) is 52.9 Å². The fraction of sp³-hybridized carbons (Fsp3) is 1.00. The number of hydrogen-bond acceptors (Lipinski definition) is 4. The van der Waals surface area contributed by atoms with E-state index in [1.165, 1.54) is 13.0 Å². The van der Waals surface area contributed by atoms with Crippen molar-refractivity contribution in [3.63, 3.8) is 0 Å². The zero-order valence-electron chi connectivity index (χ0n) is 9.65. The average molecular weight is 213 g/mol. The Morgan fingerprint density at radius 3 is 2.67 bits per heavy atom. The fourth-order valence-electron chi connectivity index (χ4n) is 2.88. The highest BCUT2D eigenvalue weighted by molar-refractivity contribution is 4.87. The van der Waals surface area contributed by atoms with Gasteiger partial charge in [-0.05, 0) is 20.0 Å². The van der Waals surface area contributed by atoms with E-state index >= 15 is 0 Å². The molecule has 2 N–H and O–H groups in total. The molecule has 0 spiro atoms. The molecule has 0 aliphatic carbocycles. The fourth-order valence-corrected chi connectivity index (χ4v) is 2.88. The summed E-state index contributed by atoms with van der Waals surface area (Å²) in [6.07, 6.45) is 1.21. The number of aliphatic hydroxyl groups excluding tert-OH is 1. The summed E-state index contributed by atoms with van der Waals surface area (Å²) in [7, 11) is 2.15. The quantitative estimate of drug-likeness (QED) is 0.630. The summed E-state index contributed by atoms with van der Waals surface area (Å²) in [6.45, 7) is 7.04. The third kappa shape index (κ3) is 2.69. The lowest BCUT2D eigenvalue weighted by Gasteiger charge is -2.43. The molecule has 2 aliphatic heterocycles. The Hall–Kier alpha value is -0.160. The van der Waals surface area contributed by atoms with Crippen LogP contribution in [0, 0.1) is 5.92 Å². The van der Waals surface area contributed by atoms with E-state index in [1.54, 1.807) is 0 Å². The first-order chi connectivity index (χ1) is 7.31. The van der Waals surface area contributed by atoms with Crippen molar-refractivity contribution in [2.24, 2.45) is 5.92 Å². The van der Waals surface area contributed by atoms with Crippen LogP contribution in [-0.2, 0) is 0 Å². The van der Waals surface area contributed by atoms with E-state index in [4.69, 9.17) is 0 Å². The Kier molecular flexibility index (Phi) is 3.97. The summed E-state index contributed by atoms with van der Waals surface area (Å²) in [5.74, 6) is 0.446. The maximum atomic E-state index is 9.44. The van der Waals surface area contributed by atoms with Crippen LogP contribution in [0.4, 0.5) is 0 Å². The molecule has 0 amide bonds. The summed E-state index contributed by atoms with van der Waals surface area (Å²) in [4.78, 5) is 4.89. The summed E-state index contributed by atoms with van der Waals surface area (Å²) in [6, 6.07) is 0.605. The molecule has 88 valence electrons. The average Bonchev–Trinajstić information content (AvgIpc) is 2.30. The summed E-state index contributed by atoms with van der Waals surface area (Å²) < 4.78 is 0. The standard InChI is InChI=1S/C11H23N3O/c1-13-5-2-11(10(8-13)9-15)14-6-3-12-4-7-14/h10-12,15H,2-9H2,1H3. The molecule has 2 aliphatic rings. The van der Waals surface area contributed by atoms with Gasteiger partial charge in [0.15, 0.2) is 0 Å². The number of nitrogens with zero attached hydrogens (tertiary/aromatic N) is 2. The first-order valence-electron chi connectivity index (χ1n) is 6.05. The Bertz CT molecular complexity index is 192. The number of aliphatic hydroxyl groups is 1. The van der Waals surface area contributed by atoms with Gasteiger partial charge in [0.2, 0.25) is 0 Å². The van der Waals surface area contributed by atoms with Crippen molar-refractivity contribution in [1.82, 2.24) is 15.1 Å². The van der Waals surface area contributed by atoms with Crippen LogP contribution < -0.4 is 5.32 Å². The van der Waals surface area contributed by atoms with Crippen LogP contribution in [0.3, 0.4) is 0 Å². The van der Waals surface area contributed by atoms with Crippen LogP contribution in [0.2, 0.25) is 0 Å². The second-order valence-electron chi connectivity index (χ2n) is 4.85. The molecule has 0 aromatic heterocycles. The molecule has 0 bridgehead atoms. The lowest BCUT2D eigenvalue weighted by Crippen LogP contribution is -2.56. The molecule has 0 radical (unpaired) electrons. The number of piperazine rings is 1. The van der Waals surface area contributed by atoms with E-state index < -0.39 is 0 Å². The van der Waals surface area contributed by atoms with Gasteiger partial charge < -0.3 is 15.3 Å². The third-order valence-electron chi connectivity index (χ3n) is 3.75. The van der Waals surface area contributed by atoms with E-state index in [1.807, 2.05) is 0 Å². The van der Waals surface area contributed by atoms with Gasteiger partial charge in [0, 0.05) is 51.3 Å². The maximum Gasteiger partial charge on any atom is 0.0486 e. The van der Waals surface area contributed by atoms with Crippen LogP contribution in [-0.4, -0.2) is 73.9 Å². The Balaban J connectivity index is 1.93. The number of nitrogens with one attached hydrogen (secondary N) is 1. The van der Waals surface area contributed by atoms with Gasteiger partial charge in [0.1, 0.15) is 0 Å².